The van der Waals surface area contributed by atoms with Crippen molar-refractivity contribution in [1.82, 2.24) is 5.32 Å². The van der Waals surface area contributed by atoms with E-state index in [4.69, 9.17) is 12.2 Å². The lowest BCUT2D eigenvalue weighted by Gasteiger charge is -2.18. The van der Waals surface area contributed by atoms with E-state index in [1.165, 1.54) is 23.3 Å². The molecule has 0 aromatic heterocycles. The summed E-state index contributed by atoms with van der Waals surface area (Å²) in [7, 11) is 0. The molecule has 1 atom stereocenters. The number of hydrogen-bond acceptors (Lipinski definition) is 1. The van der Waals surface area contributed by atoms with Crippen molar-refractivity contribution in [2.45, 2.75) is 32.7 Å². The summed E-state index contributed by atoms with van der Waals surface area (Å²) in [5, 5.41) is 6.81. The van der Waals surface area contributed by atoms with Gasteiger partial charge in [0.25, 0.3) is 0 Å². The summed E-state index contributed by atoms with van der Waals surface area (Å²) in [6.45, 7) is 6.42. The summed E-state index contributed by atoms with van der Waals surface area (Å²) in [4.78, 5) is 0. The van der Waals surface area contributed by atoms with Crippen LogP contribution in [-0.4, -0.2) is 5.11 Å². The Hall–Kier alpha value is -1.94. The van der Waals surface area contributed by atoms with E-state index in [0.717, 1.165) is 5.69 Å². The lowest BCUT2D eigenvalue weighted by molar-refractivity contribution is 0.628. The Morgan fingerprint density at radius 2 is 1.45 bits per heavy atom. The number of hydrogen-bond donors (Lipinski definition) is 2. The van der Waals surface area contributed by atoms with Crippen LogP contribution in [0.5, 0.6) is 0 Å². The molecule has 0 saturated carbocycles. The summed E-state index contributed by atoms with van der Waals surface area (Å²) < 4.78 is 12.9. The molecule has 22 heavy (non-hydrogen) atoms. The van der Waals surface area contributed by atoms with Crippen molar-refractivity contribution in [3.63, 3.8) is 0 Å². The highest BCUT2D eigenvalue weighted by atomic mass is 32.1. The lowest BCUT2D eigenvalue weighted by Crippen LogP contribution is -2.30. The third-order valence-corrected chi connectivity index (χ3v) is 3.77. The van der Waals surface area contributed by atoms with Crippen molar-refractivity contribution in [3.8, 4) is 0 Å². The van der Waals surface area contributed by atoms with Gasteiger partial charge in [-0.1, -0.05) is 38.1 Å². The van der Waals surface area contributed by atoms with Gasteiger partial charge in [-0.3, -0.25) is 0 Å². The van der Waals surface area contributed by atoms with Gasteiger partial charge in [-0.15, -0.1) is 0 Å². The molecule has 0 fully saturated rings. The second-order valence-electron chi connectivity index (χ2n) is 5.65. The van der Waals surface area contributed by atoms with E-state index in [2.05, 4.69) is 55.7 Å². The molecule has 2 aromatic rings. The number of halogens is 1. The van der Waals surface area contributed by atoms with Gasteiger partial charge >= 0.3 is 0 Å². The number of nitrogens with one attached hydrogen (secondary N) is 2. The highest BCUT2D eigenvalue weighted by Gasteiger charge is 2.08. The molecule has 0 bridgehead atoms. The summed E-state index contributed by atoms with van der Waals surface area (Å²) >= 11 is 5.30. The largest absolute Gasteiger partial charge is 0.356 e. The van der Waals surface area contributed by atoms with Crippen LogP contribution in [0.4, 0.5) is 10.1 Å². The van der Waals surface area contributed by atoms with Crippen molar-refractivity contribution in [1.29, 1.82) is 0 Å². The van der Waals surface area contributed by atoms with Crippen LogP contribution in [0.25, 0.3) is 0 Å². The van der Waals surface area contributed by atoms with Gasteiger partial charge in [-0.25, -0.2) is 4.39 Å². The Labute approximate surface area is 136 Å². The highest BCUT2D eigenvalue weighted by Crippen LogP contribution is 2.18. The van der Waals surface area contributed by atoms with Crippen molar-refractivity contribution >= 4 is 23.0 Å². The van der Waals surface area contributed by atoms with E-state index in [1.54, 1.807) is 12.1 Å². The predicted molar refractivity (Wildman–Crippen MR) is 94.7 cm³/mol. The number of benzene rings is 2. The third-order valence-electron chi connectivity index (χ3n) is 3.55. The van der Waals surface area contributed by atoms with Crippen LogP contribution < -0.4 is 10.6 Å². The molecule has 0 amide bonds. The third kappa shape index (κ3) is 4.53. The Morgan fingerprint density at radius 3 is 2.00 bits per heavy atom. The fourth-order valence-electron chi connectivity index (χ4n) is 2.15. The Bertz CT molecular complexity index is 621. The van der Waals surface area contributed by atoms with E-state index in [1.807, 2.05) is 0 Å². The van der Waals surface area contributed by atoms with Crippen molar-refractivity contribution in [3.05, 3.63) is 65.5 Å². The monoisotopic (exact) mass is 316 g/mol. The molecule has 0 aliphatic heterocycles. The molecule has 2 rings (SSSR count). The maximum absolute atomic E-state index is 12.9. The molecule has 4 heteroatoms. The Morgan fingerprint density at radius 1 is 0.909 bits per heavy atom. The SMILES string of the molecule is CC(C)c1ccc(C(C)NC(=S)Nc2ccc(F)cc2)cc1. The molecule has 0 saturated heterocycles. The molecule has 0 heterocycles. The fraction of sp³-hybridized carbons (Fsp3) is 0.278. The van der Waals surface area contributed by atoms with E-state index in [0.29, 0.717) is 11.0 Å². The molecular weight excluding hydrogens is 295 g/mol. The van der Waals surface area contributed by atoms with Gasteiger partial charge in [0.15, 0.2) is 5.11 Å². The summed E-state index contributed by atoms with van der Waals surface area (Å²) in [5.41, 5.74) is 3.26. The van der Waals surface area contributed by atoms with Crippen LogP contribution in [0.15, 0.2) is 48.5 Å². The van der Waals surface area contributed by atoms with Crippen LogP contribution in [0.2, 0.25) is 0 Å². The predicted octanol–water partition coefficient (Wildman–Crippen LogP) is 5.00. The fourth-order valence-corrected chi connectivity index (χ4v) is 2.44. The van der Waals surface area contributed by atoms with Gasteiger partial charge in [-0.2, -0.15) is 0 Å². The maximum Gasteiger partial charge on any atom is 0.171 e. The van der Waals surface area contributed by atoms with Crippen molar-refractivity contribution in [2.75, 3.05) is 5.32 Å². The highest BCUT2D eigenvalue weighted by molar-refractivity contribution is 7.80. The van der Waals surface area contributed by atoms with E-state index >= 15 is 0 Å². The first kappa shape index (κ1) is 16.4. The maximum atomic E-state index is 12.9. The smallest absolute Gasteiger partial charge is 0.171 e. The van der Waals surface area contributed by atoms with Gasteiger partial charge in [-0.05, 0) is 60.5 Å². The first-order chi connectivity index (χ1) is 10.5. The van der Waals surface area contributed by atoms with Gasteiger partial charge in [0.1, 0.15) is 5.82 Å². The topological polar surface area (TPSA) is 24.1 Å². The minimum absolute atomic E-state index is 0.0988. The van der Waals surface area contributed by atoms with Crippen molar-refractivity contribution in [2.24, 2.45) is 0 Å². The zero-order chi connectivity index (χ0) is 16.1. The zero-order valence-corrected chi connectivity index (χ0v) is 13.9. The first-order valence-corrected chi connectivity index (χ1v) is 7.79. The molecule has 0 aliphatic carbocycles. The number of rotatable bonds is 4. The zero-order valence-electron chi connectivity index (χ0n) is 13.1. The van der Waals surface area contributed by atoms with Gasteiger partial charge in [0, 0.05) is 5.69 Å². The average Bonchev–Trinajstić information content (AvgIpc) is 2.49. The van der Waals surface area contributed by atoms with Crippen LogP contribution in [0.3, 0.4) is 0 Å². The molecule has 0 radical (unpaired) electrons. The van der Waals surface area contributed by atoms with Crippen molar-refractivity contribution < 1.29 is 4.39 Å². The number of anilines is 1. The second-order valence-corrected chi connectivity index (χ2v) is 6.06. The summed E-state index contributed by atoms with van der Waals surface area (Å²) in [5.74, 6) is 0.265. The Kier molecular flexibility index (Phi) is 5.50. The lowest BCUT2D eigenvalue weighted by atomic mass is 10.00. The van der Waals surface area contributed by atoms with E-state index < -0.39 is 0 Å². The normalized spacial score (nSPS) is 12.0. The number of thiocarbonyl (C=S) groups is 1. The molecule has 2 N–H and O–H groups in total. The van der Waals surface area contributed by atoms with E-state index in [9.17, 15) is 4.39 Å². The molecule has 116 valence electrons. The van der Waals surface area contributed by atoms with Crippen LogP contribution in [0, 0.1) is 5.82 Å². The van der Waals surface area contributed by atoms with Gasteiger partial charge in [0.2, 0.25) is 0 Å². The first-order valence-electron chi connectivity index (χ1n) is 7.38. The quantitative estimate of drug-likeness (QED) is 0.777. The molecule has 0 spiro atoms. The van der Waals surface area contributed by atoms with Gasteiger partial charge in [0.05, 0.1) is 6.04 Å². The van der Waals surface area contributed by atoms with Gasteiger partial charge < -0.3 is 10.6 Å². The minimum Gasteiger partial charge on any atom is -0.356 e. The average molecular weight is 316 g/mol. The standard InChI is InChI=1S/C18H21FN2S/c1-12(2)14-4-6-15(7-5-14)13(3)20-18(22)21-17-10-8-16(19)9-11-17/h4-13H,1-3H3,(H2,20,21,22). The van der Waals surface area contributed by atoms with Crippen LogP contribution in [0.1, 0.15) is 43.9 Å². The van der Waals surface area contributed by atoms with Crippen LogP contribution >= 0.6 is 12.2 Å². The molecular formula is C18H21FN2S. The van der Waals surface area contributed by atoms with Crippen LogP contribution in [-0.2, 0) is 0 Å². The van der Waals surface area contributed by atoms with E-state index in [-0.39, 0.29) is 11.9 Å². The molecule has 2 nitrogen and oxygen atoms in total. The summed E-state index contributed by atoms with van der Waals surface area (Å²) in [6.07, 6.45) is 0. The second kappa shape index (κ2) is 7.36. The molecule has 1 unspecified atom stereocenters. The molecule has 0 aliphatic rings. The molecule has 2 aromatic carbocycles. The summed E-state index contributed by atoms with van der Waals surface area (Å²) in [6, 6.07) is 14.8. The Balaban J connectivity index is 1.94. The minimum atomic E-state index is -0.261.